The molecular weight excluding hydrogens is 464 g/mol. The fourth-order valence-electron chi connectivity index (χ4n) is 3.03. The summed E-state index contributed by atoms with van der Waals surface area (Å²) in [5.74, 6) is -0.962. The standard InChI is InChI=1S/C24H18F4N6O/c1-16(3-4-17(2)12-29)5-6-18-7-10-22(30-13-18)24(27,28)23(35,14-34-15-31-32-33-34)20-9-8-19(25)11-21(20)26/h3-4,7-11,13,15,35H,14H2,1-2H3/b16-3+,17-4+. The van der Waals surface area contributed by atoms with Gasteiger partial charge in [-0.15, -0.1) is 5.10 Å². The Labute approximate surface area is 198 Å². The molecule has 35 heavy (non-hydrogen) atoms. The molecule has 0 spiro atoms. The molecule has 2 aromatic heterocycles. The third-order valence-electron chi connectivity index (χ3n) is 4.93. The van der Waals surface area contributed by atoms with Gasteiger partial charge in [0.1, 0.15) is 23.7 Å². The van der Waals surface area contributed by atoms with Crippen LogP contribution in [0.4, 0.5) is 17.6 Å². The molecule has 0 aliphatic carbocycles. The lowest BCUT2D eigenvalue weighted by molar-refractivity contribution is -0.207. The number of hydrogen-bond donors (Lipinski definition) is 1. The molecule has 0 fully saturated rings. The molecule has 0 radical (unpaired) electrons. The van der Waals surface area contributed by atoms with E-state index in [1.54, 1.807) is 26.0 Å². The van der Waals surface area contributed by atoms with Gasteiger partial charge in [-0.25, -0.2) is 13.5 Å². The monoisotopic (exact) mass is 482 g/mol. The molecule has 1 unspecified atom stereocenters. The fourth-order valence-corrected chi connectivity index (χ4v) is 3.03. The fraction of sp³-hybridized carbons (Fsp3) is 0.208. The molecule has 0 saturated carbocycles. The largest absolute Gasteiger partial charge is 0.377 e. The number of rotatable bonds is 6. The number of allylic oxidation sites excluding steroid dienone is 4. The summed E-state index contributed by atoms with van der Waals surface area (Å²) in [6.07, 6.45) is 5.28. The second kappa shape index (κ2) is 10.3. The summed E-state index contributed by atoms with van der Waals surface area (Å²) >= 11 is 0. The average Bonchev–Trinajstić information content (AvgIpc) is 3.34. The van der Waals surface area contributed by atoms with Crippen LogP contribution in [0.3, 0.4) is 0 Å². The lowest BCUT2D eigenvalue weighted by Crippen LogP contribution is -2.48. The highest BCUT2D eigenvalue weighted by Crippen LogP contribution is 2.46. The first-order valence-corrected chi connectivity index (χ1v) is 10.1. The van der Waals surface area contributed by atoms with Crippen LogP contribution in [-0.2, 0) is 18.1 Å². The quantitative estimate of drug-likeness (QED) is 0.248. The normalized spacial score (nSPS) is 14.0. The van der Waals surface area contributed by atoms with Crippen molar-refractivity contribution >= 4 is 0 Å². The second-order valence-electron chi connectivity index (χ2n) is 7.56. The van der Waals surface area contributed by atoms with Gasteiger partial charge in [-0.1, -0.05) is 11.8 Å². The van der Waals surface area contributed by atoms with Crippen LogP contribution in [-0.4, -0.2) is 30.3 Å². The van der Waals surface area contributed by atoms with Crippen LogP contribution >= 0.6 is 0 Å². The zero-order valence-corrected chi connectivity index (χ0v) is 18.5. The van der Waals surface area contributed by atoms with E-state index in [0.29, 0.717) is 22.8 Å². The van der Waals surface area contributed by atoms with Gasteiger partial charge in [0, 0.05) is 29.0 Å². The number of nitriles is 1. The van der Waals surface area contributed by atoms with Crippen molar-refractivity contribution in [3.63, 3.8) is 0 Å². The Hall–Kier alpha value is -4.35. The van der Waals surface area contributed by atoms with Crippen molar-refractivity contribution in [2.75, 3.05) is 0 Å². The first-order valence-electron chi connectivity index (χ1n) is 10.1. The van der Waals surface area contributed by atoms with Crippen molar-refractivity contribution in [1.82, 2.24) is 25.2 Å². The molecule has 0 amide bonds. The zero-order valence-electron chi connectivity index (χ0n) is 18.5. The van der Waals surface area contributed by atoms with E-state index in [-0.39, 0.29) is 0 Å². The number of pyridine rings is 1. The molecule has 1 N–H and O–H groups in total. The van der Waals surface area contributed by atoms with Gasteiger partial charge in [0.2, 0.25) is 0 Å². The molecule has 1 aromatic carbocycles. The van der Waals surface area contributed by atoms with Crippen LogP contribution in [0.5, 0.6) is 0 Å². The minimum absolute atomic E-state index is 0.301. The minimum Gasteiger partial charge on any atom is -0.377 e. The summed E-state index contributed by atoms with van der Waals surface area (Å²) in [7, 11) is 0. The number of tetrazole rings is 1. The van der Waals surface area contributed by atoms with Crippen molar-refractivity contribution in [2.24, 2.45) is 0 Å². The highest BCUT2D eigenvalue weighted by molar-refractivity contribution is 5.41. The second-order valence-corrected chi connectivity index (χ2v) is 7.56. The number of aliphatic hydroxyl groups is 1. The lowest BCUT2D eigenvalue weighted by atomic mass is 9.84. The molecule has 178 valence electrons. The molecular formula is C24H18F4N6O. The molecule has 0 aliphatic rings. The van der Waals surface area contributed by atoms with E-state index in [1.807, 2.05) is 6.07 Å². The Bertz CT molecular complexity index is 1370. The maximum Gasteiger partial charge on any atom is 0.323 e. The predicted molar refractivity (Wildman–Crippen MR) is 116 cm³/mol. The van der Waals surface area contributed by atoms with Crippen molar-refractivity contribution in [2.45, 2.75) is 31.9 Å². The summed E-state index contributed by atoms with van der Waals surface area (Å²) < 4.78 is 60.1. The van der Waals surface area contributed by atoms with Gasteiger partial charge >= 0.3 is 5.92 Å². The topological polar surface area (TPSA) is 101 Å². The molecule has 11 heteroatoms. The van der Waals surface area contributed by atoms with E-state index in [4.69, 9.17) is 5.26 Å². The Morgan fingerprint density at radius 1 is 1.14 bits per heavy atom. The van der Waals surface area contributed by atoms with Crippen LogP contribution in [0.25, 0.3) is 0 Å². The maximum absolute atomic E-state index is 15.7. The Kier molecular flexibility index (Phi) is 7.43. The van der Waals surface area contributed by atoms with Gasteiger partial charge in [0.25, 0.3) is 0 Å². The van der Waals surface area contributed by atoms with E-state index in [0.717, 1.165) is 35.4 Å². The number of nitrogens with zero attached hydrogens (tertiary/aromatic N) is 6. The van der Waals surface area contributed by atoms with E-state index in [9.17, 15) is 13.9 Å². The maximum atomic E-state index is 15.7. The molecule has 0 aliphatic heterocycles. The van der Waals surface area contributed by atoms with Gasteiger partial charge in [-0.05, 0) is 66.3 Å². The molecule has 0 bridgehead atoms. The number of hydrogen-bond acceptors (Lipinski definition) is 6. The van der Waals surface area contributed by atoms with Gasteiger partial charge in [0.05, 0.1) is 12.6 Å². The van der Waals surface area contributed by atoms with Crippen molar-refractivity contribution in [3.05, 3.63) is 94.6 Å². The number of alkyl halides is 2. The first-order chi connectivity index (χ1) is 16.6. The van der Waals surface area contributed by atoms with E-state index < -0.39 is 41.0 Å². The van der Waals surface area contributed by atoms with Crippen LogP contribution in [0, 0.1) is 34.8 Å². The SMILES string of the molecule is C/C(C#N)=C\C=C(/C)C#Cc1ccc(C(F)(F)C(O)(Cn2cnnn2)c2ccc(F)cc2F)nc1. The molecule has 2 heterocycles. The lowest BCUT2D eigenvalue weighted by Gasteiger charge is -2.35. The highest BCUT2D eigenvalue weighted by atomic mass is 19.3. The number of benzene rings is 1. The van der Waals surface area contributed by atoms with E-state index in [1.165, 1.54) is 6.07 Å². The third-order valence-corrected chi connectivity index (χ3v) is 4.93. The number of aromatic nitrogens is 5. The average molecular weight is 482 g/mol. The Morgan fingerprint density at radius 2 is 1.89 bits per heavy atom. The van der Waals surface area contributed by atoms with Crippen molar-refractivity contribution in [3.8, 4) is 17.9 Å². The van der Waals surface area contributed by atoms with E-state index >= 15 is 8.78 Å². The first kappa shape index (κ1) is 25.3. The van der Waals surface area contributed by atoms with Gasteiger partial charge in [-0.2, -0.15) is 14.0 Å². The van der Waals surface area contributed by atoms with E-state index in [2.05, 4.69) is 32.4 Å². The van der Waals surface area contributed by atoms with Gasteiger partial charge in [0.15, 0.2) is 5.60 Å². The summed E-state index contributed by atoms with van der Waals surface area (Å²) in [4.78, 5) is 3.74. The molecule has 0 saturated heterocycles. The summed E-state index contributed by atoms with van der Waals surface area (Å²) in [6, 6.07) is 6.08. The van der Waals surface area contributed by atoms with Crippen molar-refractivity contribution in [1.29, 1.82) is 5.26 Å². The predicted octanol–water partition coefficient (Wildman–Crippen LogP) is 3.79. The van der Waals surface area contributed by atoms with Crippen LogP contribution < -0.4 is 0 Å². The van der Waals surface area contributed by atoms with Crippen molar-refractivity contribution < 1.29 is 22.7 Å². The minimum atomic E-state index is -4.15. The summed E-state index contributed by atoms with van der Waals surface area (Å²) in [5.41, 5.74) is -3.53. The van der Waals surface area contributed by atoms with Gasteiger partial charge in [-0.3, -0.25) is 4.98 Å². The summed E-state index contributed by atoms with van der Waals surface area (Å²) in [5, 5.41) is 30.0. The van der Waals surface area contributed by atoms with Gasteiger partial charge < -0.3 is 5.11 Å². The Balaban J connectivity index is 1.98. The van der Waals surface area contributed by atoms with Crippen LogP contribution in [0.2, 0.25) is 0 Å². The zero-order chi connectivity index (χ0) is 25.6. The number of halogens is 4. The Morgan fingerprint density at radius 3 is 2.49 bits per heavy atom. The molecule has 3 aromatic rings. The smallest absolute Gasteiger partial charge is 0.323 e. The highest BCUT2D eigenvalue weighted by Gasteiger charge is 2.57. The van der Waals surface area contributed by atoms with Crippen LogP contribution in [0.1, 0.15) is 30.7 Å². The third kappa shape index (κ3) is 5.60. The molecule has 7 nitrogen and oxygen atoms in total. The summed E-state index contributed by atoms with van der Waals surface area (Å²) in [6.45, 7) is 2.40. The molecule has 3 rings (SSSR count). The molecule has 1 atom stereocenters. The van der Waals surface area contributed by atoms with Crippen LogP contribution in [0.15, 0.2) is 66.2 Å².